The van der Waals surface area contributed by atoms with Crippen molar-refractivity contribution < 1.29 is 9.53 Å². The number of amides is 1. The highest BCUT2D eigenvalue weighted by Crippen LogP contribution is 2.17. The average Bonchev–Trinajstić information content (AvgIpc) is 2.59. The third-order valence-electron chi connectivity index (χ3n) is 3.28. The van der Waals surface area contributed by atoms with Crippen molar-refractivity contribution >= 4 is 17.5 Å². The Morgan fingerprint density at radius 2 is 2.12 bits per heavy atom. The third kappa shape index (κ3) is 5.51. The van der Waals surface area contributed by atoms with Gasteiger partial charge in [0.1, 0.15) is 11.4 Å². The molecule has 0 aliphatic heterocycles. The van der Waals surface area contributed by atoms with Crippen LogP contribution in [0.2, 0.25) is 0 Å². The van der Waals surface area contributed by atoms with Crippen molar-refractivity contribution in [2.45, 2.75) is 6.42 Å². The summed E-state index contributed by atoms with van der Waals surface area (Å²) in [6.07, 6.45) is 2.54. The summed E-state index contributed by atoms with van der Waals surface area (Å²) < 4.78 is 5.14. The minimum Gasteiger partial charge on any atom is -0.497 e. The standard InChI is InChI=1S/C17H23N5O2/c1-22(2)11-5-9-18-17-19-10-8-15(21-17)16(23)20-13-6-4-7-14(12-13)24-3/h4,6-8,10,12H,5,9,11H2,1-3H3,(H,20,23)(H,18,19,21). The third-order valence-corrected chi connectivity index (χ3v) is 3.28. The van der Waals surface area contributed by atoms with E-state index in [1.54, 1.807) is 31.5 Å². The Bertz CT molecular complexity index is 676. The molecular weight excluding hydrogens is 306 g/mol. The number of carbonyl (C=O) groups excluding carboxylic acids is 1. The second-order valence-corrected chi connectivity index (χ2v) is 5.54. The Morgan fingerprint density at radius 3 is 2.88 bits per heavy atom. The normalized spacial score (nSPS) is 10.5. The molecule has 0 unspecified atom stereocenters. The summed E-state index contributed by atoms with van der Waals surface area (Å²) in [7, 11) is 5.64. The lowest BCUT2D eigenvalue weighted by molar-refractivity contribution is 0.102. The van der Waals surface area contributed by atoms with E-state index < -0.39 is 0 Å². The first-order valence-corrected chi connectivity index (χ1v) is 7.75. The van der Waals surface area contributed by atoms with E-state index in [0.717, 1.165) is 19.5 Å². The minimum atomic E-state index is -0.290. The minimum absolute atomic E-state index is 0.290. The lowest BCUT2D eigenvalue weighted by atomic mass is 10.3. The molecule has 0 atom stereocenters. The average molecular weight is 329 g/mol. The zero-order valence-electron chi connectivity index (χ0n) is 14.2. The monoisotopic (exact) mass is 329 g/mol. The second kappa shape index (κ2) is 8.83. The lowest BCUT2D eigenvalue weighted by Gasteiger charge is -2.10. The van der Waals surface area contributed by atoms with Gasteiger partial charge in [-0.1, -0.05) is 6.07 Å². The number of aromatic nitrogens is 2. The van der Waals surface area contributed by atoms with Crippen LogP contribution in [0, 0.1) is 0 Å². The van der Waals surface area contributed by atoms with Gasteiger partial charge in [-0.3, -0.25) is 4.79 Å². The van der Waals surface area contributed by atoms with Gasteiger partial charge in [0.2, 0.25) is 5.95 Å². The molecule has 0 saturated heterocycles. The summed E-state index contributed by atoms with van der Waals surface area (Å²) in [5, 5.41) is 5.93. The molecule has 0 saturated carbocycles. The molecule has 1 aromatic carbocycles. The molecular formula is C17H23N5O2. The molecule has 1 heterocycles. The van der Waals surface area contributed by atoms with E-state index >= 15 is 0 Å². The van der Waals surface area contributed by atoms with E-state index in [4.69, 9.17) is 4.74 Å². The molecule has 1 aromatic heterocycles. The molecule has 0 bridgehead atoms. The fourth-order valence-electron chi connectivity index (χ4n) is 2.06. The van der Waals surface area contributed by atoms with Crippen LogP contribution in [0.4, 0.5) is 11.6 Å². The molecule has 7 nitrogen and oxygen atoms in total. The summed E-state index contributed by atoms with van der Waals surface area (Å²) in [5.41, 5.74) is 0.960. The smallest absolute Gasteiger partial charge is 0.274 e. The number of ether oxygens (including phenoxy) is 1. The fraction of sp³-hybridized carbons (Fsp3) is 0.353. The fourth-order valence-corrected chi connectivity index (χ4v) is 2.06. The van der Waals surface area contributed by atoms with E-state index in [9.17, 15) is 4.79 Å². The summed E-state index contributed by atoms with van der Waals surface area (Å²) in [4.78, 5) is 22.8. The molecule has 0 aliphatic rings. The molecule has 1 amide bonds. The van der Waals surface area contributed by atoms with Gasteiger partial charge in [0.25, 0.3) is 5.91 Å². The zero-order chi connectivity index (χ0) is 17.4. The van der Waals surface area contributed by atoms with E-state index in [2.05, 4.69) is 25.5 Å². The van der Waals surface area contributed by atoms with Crippen LogP contribution < -0.4 is 15.4 Å². The van der Waals surface area contributed by atoms with Crippen molar-refractivity contribution in [1.82, 2.24) is 14.9 Å². The number of carbonyl (C=O) groups is 1. The summed E-state index contributed by atoms with van der Waals surface area (Å²) in [6, 6.07) is 8.75. The van der Waals surface area contributed by atoms with Gasteiger partial charge in [0.15, 0.2) is 0 Å². The summed E-state index contributed by atoms with van der Waals surface area (Å²) in [5.74, 6) is 0.841. The van der Waals surface area contributed by atoms with E-state index in [-0.39, 0.29) is 5.91 Å². The molecule has 2 N–H and O–H groups in total. The van der Waals surface area contributed by atoms with Crippen LogP contribution in [-0.2, 0) is 0 Å². The number of hydrogen-bond acceptors (Lipinski definition) is 6. The van der Waals surface area contributed by atoms with Gasteiger partial charge in [-0.25, -0.2) is 9.97 Å². The molecule has 128 valence electrons. The maximum absolute atomic E-state index is 12.3. The molecule has 2 rings (SSSR count). The SMILES string of the molecule is COc1cccc(NC(=O)c2ccnc(NCCCN(C)C)n2)c1. The van der Waals surface area contributed by atoms with Gasteiger partial charge in [-0.05, 0) is 45.3 Å². The van der Waals surface area contributed by atoms with Crippen molar-refractivity contribution in [3.05, 3.63) is 42.2 Å². The molecule has 24 heavy (non-hydrogen) atoms. The van der Waals surface area contributed by atoms with Gasteiger partial charge in [0, 0.05) is 24.5 Å². The maximum Gasteiger partial charge on any atom is 0.274 e. The van der Waals surface area contributed by atoms with Crippen LogP contribution in [0.3, 0.4) is 0 Å². The Kier molecular flexibility index (Phi) is 6.51. The molecule has 0 radical (unpaired) electrons. The second-order valence-electron chi connectivity index (χ2n) is 5.54. The van der Waals surface area contributed by atoms with Crippen molar-refractivity contribution in [3.63, 3.8) is 0 Å². The Balaban J connectivity index is 1.95. The van der Waals surface area contributed by atoms with Crippen molar-refractivity contribution in [2.24, 2.45) is 0 Å². The van der Waals surface area contributed by atoms with E-state index in [1.165, 1.54) is 0 Å². The first-order chi connectivity index (χ1) is 11.6. The molecule has 0 aliphatic carbocycles. The number of methoxy groups -OCH3 is 1. The number of nitrogens with one attached hydrogen (secondary N) is 2. The predicted octanol–water partition coefficient (Wildman–Crippen LogP) is 2.10. The number of anilines is 2. The van der Waals surface area contributed by atoms with Gasteiger partial charge < -0.3 is 20.3 Å². The first kappa shape index (κ1) is 17.7. The molecule has 7 heteroatoms. The number of nitrogens with zero attached hydrogens (tertiary/aromatic N) is 3. The quantitative estimate of drug-likeness (QED) is 0.722. The largest absolute Gasteiger partial charge is 0.497 e. The van der Waals surface area contributed by atoms with Crippen molar-refractivity contribution in [3.8, 4) is 5.75 Å². The van der Waals surface area contributed by atoms with Crippen LogP contribution in [0.1, 0.15) is 16.9 Å². The molecule has 0 spiro atoms. The highest BCUT2D eigenvalue weighted by atomic mass is 16.5. The highest BCUT2D eigenvalue weighted by molar-refractivity contribution is 6.03. The first-order valence-electron chi connectivity index (χ1n) is 7.75. The van der Waals surface area contributed by atoms with Gasteiger partial charge in [-0.15, -0.1) is 0 Å². The highest BCUT2D eigenvalue weighted by Gasteiger charge is 2.09. The summed E-state index contributed by atoms with van der Waals surface area (Å²) >= 11 is 0. The predicted molar refractivity (Wildman–Crippen MR) is 94.6 cm³/mol. The maximum atomic E-state index is 12.3. The molecule has 0 fully saturated rings. The number of benzene rings is 1. The zero-order valence-corrected chi connectivity index (χ0v) is 14.2. The lowest BCUT2D eigenvalue weighted by Crippen LogP contribution is -2.18. The van der Waals surface area contributed by atoms with Gasteiger partial charge in [-0.2, -0.15) is 0 Å². The van der Waals surface area contributed by atoms with Crippen molar-refractivity contribution in [2.75, 3.05) is 44.9 Å². The molecule has 2 aromatic rings. The van der Waals surface area contributed by atoms with Crippen LogP contribution >= 0.6 is 0 Å². The van der Waals surface area contributed by atoms with Gasteiger partial charge >= 0.3 is 0 Å². The summed E-state index contributed by atoms with van der Waals surface area (Å²) in [6.45, 7) is 1.72. The number of hydrogen-bond donors (Lipinski definition) is 2. The van der Waals surface area contributed by atoms with Crippen LogP contribution in [0.25, 0.3) is 0 Å². The van der Waals surface area contributed by atoms with Gasteiger partial charge in [0.05, 0.1) is 7.11 Å². The van der Waals surface area contributed by atoms with E-state index in [1.807, 2.05) is 26.2 Å². The Morgan fingerprint density at radius 1 is 1.29 bits per heavy atom. The van der Waals surface area contributed by atoms with Crippen LogP contribution in [0.15, 0.2) is 36.5 Å². The van der Waals surface area contributed by atoms with E-state index in [0.29, 0.717) is 23.1 Å². The van der Waals surface area contributed by atoms with Crippen LogP contribution in [0.5, 0.6) is 5.75 Å². The van der Waals surface area contributed by atoms with Crippen LogP contribution in [-0.4, -0.2) is 55.1 Å². The van der Waals surface area contributed by atoms with Crippen molar-refractivity contribution in [1.29, 1.82) is 0 Å². The topological polar surface area (TPSA) is 79.4 Å². The number of rotatable bonds is 8. The Hall–Kier alpha value is -2.67. The Labute approximate surface area is 142 Å².